The molecule has 0 saturated carbocycles. The lowest BCUT2D eigenvalue weighted by Gasteiger charge is -2.11. The van der Waals surface area contributed by atoms with Crippen LogP contribution in [0.15, 0.2) is 85.1 Å². The van der Waals surface area contributed by atoms with Gasteiger partial charge in [0.15, 0.2) is 0 Å². The maximum atomic E-state index is 4.40. The topological polar surface area (TPSA) is 29.3 Å². The first-order valence-electron chi connectivity index (χ1n) is 7.25. The summed E-state index contributed by atoms with van der Waals surface area (Å²) in [5.74, 6) is 0.951. The van der Waals surface area contributed by atoms with E-state index < -0.39 is 0 Å². The fourth-order valence-corrected chi connectivity index (χ4v) is 2.59. The predicted molar refractivity (Wildman–Crippen MR) is 90.4 cm³/mol. The second-order valence-corrected chi connectivity index (χ2v) is 5.15. The van der Waals surface area contributed by atoms with Crippen molar-refractivity contribution in [2.45, 2.75) is 0 Å². The van der Waals surface area contributed by atoms with Crippen LogP contribution in [0.1, 0.15) is 0 Å². The first kappa shape index (κ1) is 12.7. The Bertz CT molecular complexity index is 896. The quantitative estimate of drug-likeness (QED) is 0.589. The van der Waals surface area contributed by atoms with Gasteiger partial charge >= 0.3 is 0 Å². The molecule has 2 heterocycles. The van der Waals surface area contributed by atoms with Crippen LogP contribution < -0.4 is 5.32 Å². The molecule has 3 nitrogen and oxygen atoms in total. The van der Waals surface area contributed by atoms with E-state index in [9.17, 15) is 0 Å². The highest BCUT2D eigenvalue weighted by Crippen LogP contribution is 2.26. The molecule has 0 spiro atoms. The van der Waals surface area contributed by atoms with Gasteiger partial charge in [-0.25, -0.2) is 4.52 Å². The minimum Gasteiger partial charge on any atom is -0.340 e. The number of hydrogen-bond acceptors (Lipinski definition) is 2. The van der Waals surface area contributed by atoms with Gasteiger partial charge < -0.3 is 5.32 Å². The fraction of sp³-hybridized carbons (Fsp3) is 0. The molecule has 4 aromatic rings. The van der Waals surface area contributed by atoms with Crippen molar-refractivity contribution in [3.8, 4) is 11.1 Å². The average Bonchev–Trinajstić information content (AvgIpc) is 3.05. The fourth-order valence-electron chi connectivity index (χ4n) is 2.59. The Kier molecular flexibility index (Phi) is 3.09. The van der Waals surface area contributed by atoms with Gasteiger partial charge in [0.05, 0.1) is 11.7 Å². The SMILES string of the molecule is c1ccc(Nc2cc(-c3ccccc3)cc3ccnn23)cc1. The maximum absolute atomic E-state index is 4.40. The van der Waals surface area contributed by atoms with E-state index in [0.717, 1.165) is 17.0 Å². The molecule has 2 aromatic heterocycles. The number of nitrogens with zero attached hydrogens (tertiary/aromatic N) is 2. The third-order valence-corrected chi connectivity index (χ3v) is 3.65. The number of aromatic nitrogens is 2. The molecule has 0 atom stereocenters. The molecule has 4 rings (SSSR count). The van der Waals surface area contributed by atoms with Crippen LogP contribution in [-0.2, 0) is 0 Å². The molecular formula is C19H15N3. The predicted octanol–water partition coefficient (Wildman–Crippen LogP) is 4.74. The van der Waals surface area contributed by atoms with Crippen LogP contribution >= 0.6 is 0 Å². The molecule has 106 valence electrons. The number of anilines is 2. The Balaban J connectivity index is 1.84. The number of nitrogens with one attached hydrogen (secondary N) is 1. The highest BCUT2D eigenvalue weighted by atomic mass is 15.3. The lowest BCUT2D eigenvalue weighted by atomic mass is 10.1. The van der Waals surface area contributed by atoms with E-state index >= 15 is 0 Å². The first-order chi connectivity index (χ1) is 10.9. The van der Waals surface area contributed by atoms with Crippen molar-refractivity contribution < 1.29 is 0 Å². The normalized spacial score (nSPS) is 10.7. The summed E-state index contributed by atoms with van der Waals surface area (Å²) in [6, 6.07) is 26.8. The molecule has 0 aliphatic heterocycles. The Labute approximate surface area is 128 Å². The van der Waals surface area contributed by atoms with Crippen LogP contribution in [0.3, 0.4) is 0 Å². The summed E-state index contributed by atoms with van der Waals surface area (Å²) in [5.41, 5.74) is 4.48. The molecule has 0 aliphatic carbocycles. The Morgan fingerprint density at radius 2 is 1.45 bits per heavy atom. The molecule has 1 N–H and O–H groups in total. The Hall–Kier alpha value is -3.07. The Morgan fingerprint density at radius 1 is 0.727 bits per heavy atom. The Morgan fingerprint density at radius 3 is 2.23 bits per heavy atom. The zero-order valence-electron chi connectivity index (χ0n) is 12.0. The second-order valence-electron chi connectivity index (χ2n) is 5.15. The summed E-state index contributed by atoms with van der Waals surface area (Å²) in [6.45, 7) is 0. The van der Waals surface area contributed by atoms with Gasteiger partial charge in [0, 0.05) is 5.69 Å². The minimum atomic E-state index is 0.951. The average molecular weight is 285 g/mol. The molecule has 3 heteroatoms. The van der Waals surface area contributed by atoms with Crippen LogP contribution in [0.25, 0.3) is 16.6 Å². The summed E-state index contributed by atoms with van der Waals surface area (Å²) in [4.78, 5) is 0. The number of hydrogen-bond donors (Lipinski definition) is 1. The van der Waals surface area contributed by atoms with E-state index in [1.54, 1.807) is 0 Å². The summed E-state index contributed by atoms with van der Waals surface area (Å²) >= 11 is 0. The number of para-hydroxylation sites is 1. The van der Waals surface area contributed by atoms with E-state index in [1.165, 1.54) is 11.1 Å². The minimum absolute atomic E-state index is 0.951. The van der Waals surface area contributed by atoms with Gasteiger partial charge in [0.1, 0.15) is 5.82 Å². The monoisotopic (exact) mass is 285 g/mol. The zero-order valence-corrected chi connectivity index (χ0v) is 12.0. The summed E-state index contributed by atoms with van der Waals surface area (Å²) in [6.07, 6.45) is 1.82. The lowest BCUT2D eigenvalue weighted by molar-refractivity contribution is 0.969. The zero-order chi connectivity index (χ0) is 14.8. The van der Waals surface area contributed by atoms with E-state index in [0.29, 0.717) is 0 Å². The van der Waals surface area contributed by atoms with Crippen molar-refractivity contribution in [3.63, 3.8) is 0 Å². The van der Waals surface area contributed by atoms with Crippen LogP contribution in [0.2, 0.25) is 0 Å². The molecule has 22 heavy (non-hydrogen) atoms. The number of pyridine rings is 1. The van der Waals surface area contributed by atoms with Crippen molar-refractivity contribution in [1.82, 2.24) is 9.61 Å². The summed E-state index contributed by atoms with van der Waals surface area (Å²) in [7, 11) is 0. The van der Waals surface area contributed by atoms with Crippen LogP contribution in [0, 0.1) is 0 Å². The highest BCUT2D eigenvalue weighted by molar-refractivity contribution is 5.74. The van der Waals surface area contributed by atoms with E-state index in [4.69, 9.17) is 0 Å². The van der Waals surface area contributed by atoms with Gasteiger partial charge in [0.25, 0.3) is 0 Å². The standard InChI is InChI=1S/C19H15N3/c1-3-7-15(8-4-1)16-13-18-11-12-20-22(18)19(14-16)21-17-9-5-2-6-10-17/h1-14,21H. The van der Waals surface area contributed by atoms with Gasteiger partial charge in [0.2, 0.25) is 0 Å². The van der Waals surface area contributed by atoms with Crippen LogP contribution in [0.4, 0.5) is 11.5 Å². The van der Waals surface area contributed by atoms with Gasteiger partial charge in [-0.15, -0.1) is 0 Å². The molecule has 0 aliphatic rings. The van der Waals surface area contributed by atoms with E-state index in [1.807, 2.05) is 53.2 Å². The number of fused-ring (bicyclic) bond motifs is 1. The second kappa shape index (κ2) is 5.37. The smallest absolute Gasteiger partial charge is 0.133 e. The van der Waals surface area contributed by atoms with Crippen molar-refractivity contribution >= 4 is 17.0 Å². The van der Waals surface area contributed by atoms with Crippen molar-refractivity contribution in [2.75, 3.05) is 5.32 Å². The van der Waals surface area contributed by atoms with Crippen molar-refractivity contribution in [2.24, 2.45) is 0 Å². The summed E-state index contributed by atoms with van der Waals surface area (Å²) in [5, 5.41) is 7.85. The molecule has 0 saturated heterocycles. The van der Waals surface area contributed by atoms with E-state index in [2.05, 4.69) is 46.8 Å². The van der Waals surface area contributed by atoms with Gasteiger partial charge in [-0.2, -0.15) is 5.10 Å². The first-order valence-corrected chi connectivity index (χ1v) is 7.25. The third-order valence-electron chi connectivity index (χ3n) is 3.65. The molecule has 0 fully saturated rings. The number of rotatable bonds is 3. The van der Waals surface area contributed by atoms with Gasteiger partial charge in [-0.3, -0.25) is 0 Å². The molecular weight excluding hydrogens is 270 g/mol. The molecule has 0 amide bonds. The van der Waals surface area contributed by atoms with E-state index in [-0.39, 0.29) is 0 Å². The highest BCUT2D eigenvalue weighted by Gasteiger charge is 2.06. The van der Waals surface area contributed by atoms with Crippen LogP contribution in [-0.4, -0.2) is 9.61 Å². The molecule has 0 unspecified atom stereocenters. The largest absolute Gasteiger partial charge is 0.340 e. The molecule has 0 radical (unpaired) electrons. The lowest BCUT2D eigenvalue weighted by Crippen LogP contribution is -2.00. The van der Waals surface area contributed by atoms with Crippen molar-refractivity contribution in [1.29, 1.82) is 0 Å². The third kappa shape index (κ3) is 2.33. The van der Waals surface area contributed by atoms with Crippen LogP contribution in [0.5, 0.6) is 0 Å². The summed E-state index contributed by atoms with van der Waals surface area (Å²) < 4.78 is 1.92. The van der Waals surface area contributed by atoms with Crippen molar-refractivity contribution in [3.05, 3.63) is 85.1 Å². The van der Waals surface area contributed by atoms with Gasteiger partial charge in [-0.1, -0.05) is 48.5 Å². The van der Waals surface area contributed by atoms with Gasteiger partial charge in [-0.05, 0) is 41.5 Å². The number of benzene rings is 2. The maximum Gasteiger partial charge on any atom is 0.133 e. The molecule has 0 bridgehead atoms. The molecule has 2 aromatic carbocycles.